The smallest absolute Gasteiger partial charge is 0.0854 e. The maximum Gasteiger partial charge on any atom is 0.0854 e. The Balaban J connectivity index is 1.97. The summed E-state index contributed by atoms with van der Waals surface area (Å²) in [5, 5.41) is 7.98. The number of anilines is 1. The fraction of sp³-hybridized carbons (Fsp3) is 0.250. The van der Waals surface area contributed by atoms with E-state index in [1.54, 1.807) is 0 Å². The molecule has 3 nitrogen and oxygen atoms in total. The number of rotatable bonds is 0. The van der Waals surface area contributed by atoms with Crippen LogP contribution in [0, 0.1) is 5.41 Å². The van der Waals surface area contributed by atoms with Gasteiger partial charge in [0.15, 0.2) is 0 Å². The average molecular weight is 249 g/mol. The van der Waals surface area contributed by atoms with Crippen LogP contribution < -0.4 is 4.90 Å². The van der Waals surface area contributed by atoms with Crippen molar-refractivity contribution in [3.05, 3.63) is 54.0 Å². The molecule has 3 heteroatoms. The molecule has 0 saturated heterocycles. The van der Waals surface area contributed by atoms with Crippen LogP contribution >= 0.6 is 0 Å². The first-order chi connectivity index (χ1) is 9.29. The predicted octanol–water partition coefficient (Wildman–Crippen LogP) is 3.31. The Hall–Kier alpha value is -2.16. The fourth-order valence-electron chi connectivity index (χ4n) is 3.38. The molecule has 3 heterocycles. The van der Waals surface area contributed by atoms with E-state index < -0.39 is 0 Å². The second kappa shape index (κ2) is 3.67. The Morgan fingerprint density at radius 2 is 2.26 bits per heavy atom. The van der Waals surface area contributed by atoms with E-state index in [2.05, 4.69) is 46.5 Å². The highest BCUT2D eigenvalue weighted by Gasteiger charge is 2.44. The molecule has 1 aliphatic carbocycles. The molecule has 3 aliphatic rings. The van der Waals surface area contributed by atoms with Crippen molar-refractivity contribution < 1.29 is 0 Å². The molecule has 1 N–H and O–H groups in total. The van der Waals surface area contributed by atoms with E-state index in [0.29, 0.717) is 0 Å². The molecule has 19 heavy (non-hydrogen) atoms. The minimum absolute atomic E-state index is 0.0602. The zero-order valence-electron chi connectivity index (χ0n) is 10.6. The summed E-state index contributed by atoms with van der Waals surface area (Å²) < 4.78 is 0. The van der Waals surface area contributed by atoms with Crippen LogP contribution in [-0.4, -0.2) is 16.2 Å². The van der Waals surface area contributed by atoms with E-state index in [-0.39, 0.29) is 5.54 Å². The quantitative estimate of drug-likeness (QED) is 0.766. The molecule has 1 saturated carbocycles. The second-order valence-electron chi connectivity index (χ2n) is 5.38. The number of nitrogens with zero attached hydrogens (tertiary/aromatic N) is 2. The monoisotopic (exact) mass is 249 g/mol. The summed E-state index contributed by atoms with van der Waals surface area (Å²) in [6.45, 7) is 0. The third kappa shape index (κ3) is 1.38. The minimum atomic E-state index is -0.0602. The molecule has 1 spiro atoms. The first kappa shape index (κ1) is 10.7. The highest BCUT2D eigenvalue weighted by molar-refractivity contribution is 5.91. The number of pyridine rings is 1. The number of aromatic nitrogens is 1. The van der Waals surface area contributed by atoms with E-state index in [1.165, 1.54) is 16.8 Å². The van der Waals surface area contributed by atoms with Crippen molar-refractivity contribution in [1.29, 1.82) is 5.41 Å². The Kier molecular flexibility index (Phi) is 2.07. The molecule has 0 bridgehead atoms. The van der Waals surface area contributed by atoms with E-state index in [0.717, 1.165) is 25.0 Å². The lowest BCUT2D eigenvalue weighted by atomic mass is 9.71. The van der Waals surface area contributed by atoms with Gasteiger partial charge in [-0.2, -0.15) is 0 Å². The Labute approximate surface area is 112 Å². The largest absolute Gasteiger partial charge is 0.333 e. The van der Waals surface area contributed by atoms with Gasteiger partial charge in [0.2, 0.25) is 0 Å². The minimum Gasteiger partial charge on any atom is -0.333 e. The second-order valence-corrected chi connectivity index (χ2v) is 5.38. The molecule has 1 fully saturated rings. The molecule has 4 rings (SSSR count). The molecule has 0 aromatic carbocycles. The van der Waals surface area contributed by atoms with Crippen LogP contribution in [-0.2, 0) is 0 Å². The zero-order valence-corrected chi connectivity index (χ0v) is 10.6. The molecule has 0 radical (unpaired) electrons. The van der Waals surface area contributed by atoms with E-state index >= 15 is 0 Å². The van der Waals surface area contributed by atoms with Crippen LogP contribution in [0.15, 0.2) is 48.5 Å². The highest BCUT2D eigenvalue weighted by atomic mass is 15.2. The SMILES string of the molecule is N=C1CCC23C=CC=CN2c2cnccc2C=C3C1. The Morgan fingerprint density at radius 1 is 1.32 bits per heavy atom. The average Bonchev–Trinajstić information content (AvgIpc) is 2.45. The molecule has 0 amide bonds. The van der Waals surface area contributed by atoms with Crippen LogP contribution in [0.3, 0.4) is 0 Å². The highest BCUT2D eigenvalue weighted by Crippen LogP contribution is 2.47. The number of hydrogen-bond acceptors (Lipinski definition) is 3. The molecular weight excluding hydrogens is 234 g/mol. The van der Waals surface area contributed by atoms with Crippen molar-refractivity contribution in [2.24, 2.45) is 0 Å². The molecule has 2 aliphatic heterocycles. The van der Waals surface area contributed by atoms with Crippen LogP contribution in [0.2, 0.25) is 0 Å². The van der Waals surface area contributed by atoms with E-state index in [9.17, 15) is 0 Å². The third-order valence-electron chi connectivity index (χ3n) is 4.34. The topological polar surface area (TPSA) is 40.0 Å². The van der Waals surface area contributed by atoms with Crippen molar-refractivity contribution in [3.63, 3.8) is 0 Å². The maximum atomic E-state index is 7.98. The van der Waals surface area contributed by atoms with Crippen molar-refractivity contribution >= 4 is 17.5 Å². The summed E-state index contributed by atoms with van der Waals surface area (Å²) in [4.78, 5) is 6.60. The van der Waals surface area contributed by atoms with Gasteiger partial charge < -0.3 is 10.3 Å². The van der Waals surface area contributed by atoms with Gasteiger partial charge in [0.25, 0.3) is 0 Å². The molecule has 1 aromatic heterocycles. The molecule has 1 unspecified atom stereocenters. The summed E-state index contributed by atoms with van der Waals surface area (Å²) in [6, 6.07) is 2.05. The number of hydrogen-bond donors (Lipinski definition) is 1. The zero-order chi connectivity index (χ0) is 12.9. The van der Waals surface area contributed by atoms with Gasteiger partial charge in [0.1, 0.15) is 0 Å². The van der Waals surface area contributed by atoms with E-state index in [4.69, 9.17) is 5.41 Å². The lowest BCUT2D eigenvalue weighted by molar-refractivity contribution is 0.520. The van der Waals surface area contributed by atoms with Crippen molar-refractivity contribution in [3.8, 4) is 0 Å². The maximum absolute atomic E-state index is 7.98. The molecule has 94 valence electrons. The Morgan fingerprint density at radius 3 is 3.21 bits per heavy atom. The normalized spacial score (nSPS) is 27.5. The molecular formula is C16H15N3. The number of fused-ring (bicyclic) bond motifs is 2. The van der Waals surface area contributed by atoms with E-state index in [1.807, 2.05) is 12.4 Å². The summed E-state index contributed by atoms with van der Waals surface area (Å²) in [7, 11) is 0. The Bertz CT molecular complexity index is 654. The first-order valence-electron chi connectivity index (χ1n) is 6.66. The van der Waals surface area contributed by atoms with Crippen molar-refractivity contribution in [2.45, 2.75) is 24.8 Å². The van der Waals surface area contributed by atoms with Gasteiger partial charge in [-0.15, -0.1) is 0 Å². The fourth-order valence-corrected chi connectivity index (χ4v) is 3.38. The first-order valence-corrected chi connectivity index (χ1v) is 6.66. The van der Waals surface area contributed by atoms with Gasteiger partial charge in [-0.25, -0.2) is 0 Å². The van der Waals surface area contributed by atoms with Gasteiger partial charge in [0.05, 0.1) is 17.4 Å². The lowest BCUT2D eigenvalue weighted by Gasteiger charge is -2.50. The van der Waals surface area contributed by atoms with Gasteiger partial charge in [0, 0.05) is 30.1 Å². The standard InChI is InChI=1S/C16H15N3/c17-14-3-6-16-5-1-2-8-19(16)15-11-18-7-4-12(15)9-13(16)10-14/h1-2,4-5,7-9,11,17H,3,6,10H2. The van der Waals surface area contributed by atoms with Crippen LogP contribution in [0.25, 0.3) is 6.08 Å². The van der Waals surface area contributed by atoms with Crippen LogP contribution in [0.5, 0.6) is 0 Å². The van der Waals surface area contributed by atoms with Gasteiger partial charge >= 0.3 is 0 Å². The molecule has 1 aromatic rings. The predicted molar refractivity (Wildman–Crippen MR) is 77.3 cm³/mol. The summed E-state index contributed by atoms with van der Waals surface area (Å²) >= 11 is 0. The van der Waals surface area contributed by atoms with Crippen molar-refractivity contribution in [1.82, 2.24) is 4.98 Å². The summed E-state index contributed by atoms with van der Waals surface area (Å²) in [5.74, 6) is 0. The number of nitrogens with one attached hydrogen (secondary N) is 1. The van der Waals surface area contributed by atoms with Crippen LogP contribution in [0.1, 0.15) is 24.8 Å². The van der Waals surface area contributed by atoms with Gasteiger partial charge in [-0.1, -0.05) is 18.2 Å². The summed E-state index contributed by atoms with van der Waals surface area (Å²) in [5.41, 5.74) is 4.49. The van der Waals surface area contributed by atoms with Crippen LogP contribution in [0.4, 0.5) is 5.69 Å². The summed E-state index contributed by atoms with van der Waals surface area (Å²) in [6.07, 6.45) is 17.3. The lowest BCUT2D eigenvalue weighted by Crippen LogP contribution is -2.51. The number of allylic oxidation sites excluding steroid dienone is 2. The molecule has 1 atom stereocenters. The van der Waals surface area contributed by atoms with Gasteiger partial charge in [-0.3, -0.25) is 4.98 Å². The third-order valence-corrected chi connectivity index (χ3v) is 4.34. The van der Waals surface area contributed by atoms with Gasteiger partial charge in [-0.05, 0) is 30.6 Å². The van der Waals surface area contributed by atoms with Crippen molar-refractivity contribution in [2.75, 3.05) is 4.90 Å².